The SMILES string of the molecule is O=C(O)c1cncc(Oc2cc(=O)[nH]cn2)c1. The Morgan fingerprint density at radius 2 is 2.18 bits per heavy atom. The lowest BCUT2D eigenvalue weighted by Gasteiger charge is -2.03. The first-order valence-corrected chi connectivity index (χ1v) is 4.56. The summed E-state index contributed by atoms with van der Waals surface area (Å²) in [6, 6.07) is 2.44. The Balaban J connectivity index is 2.27. The van der Waals surface area contributed by atoms with E-state index in [0.29, 0.717) is 0 Å². The number of nitrogens with zero attached hydrogens (tertiary/aromatic N) is 2. The number of carboxylic acid groups (broad SMARTS) is 1. The van der Waals surface area contributed by atoms with Crippen molar-refractivity contribution < 1.29 is 14.6 Å². The predicted molar refractivity (Wildman–Crippen MR) is 56.1 cm³/mol. The van der Waals surface area contributed by atoms with Crippen LogP contribution in [0.5, 0.6) is 11.6 Å². The second kappa shape index (κ2) is 4.44. The summed E-state index contributed by atoms with van der Waals surface area (Å²) in [5.74, 6) is -0.845. The molecule has 0 aliphatic heterocycles. The molecule has 0 unspecified atom stereocenters. The summed E-state index contributed by atoms with van der Waals surface area (Å²) in [4.78, 5) is 31.5. The Labute approximate surface area is 94.7 Å². The van der Waals surface area contributed by atoms with E-state index in [4.69, 9.17) is 9.84 Å². The zero-order valence-corrected chi connectivity index (χ0v) is 8.45. The molecule has 0 atom stereocenters. The molecule has 0 bridgehead atoms. The molecule has 2 aromatic rings. The molecule has 0 fully saturated rings. The van der Waals surface area contributed by atoms with Gasteiger partial charge in [0, 0.05) is 6.20 Å². The Hall–Kier alpha value is -2.70. The molecular weight excluding hydrogens is 226 g/mol. The van der Waals surface area contributed by atoms with E-state index < -0.39 is 5.97 Å². The average Bonchev–Trinajstić information content (AvgIpc) is 2.29. The fourth-order valence-electron chi connectivity index (χ4n) is 1.12. The first kappa shape index (κ1) is 10.8. The maximum absolute atomic E-state index is 11.0. The van der Waals surface area contributed by atoms with Crippen LogP contribution >= 0.6 is 0 Å². The number of nitrogens with one attached hydrogen (secondary N) is 1. The second-order valence-electron chi connectivity index (χ2n) is 3.07. The van der Waals surface area contributed by atoms with Gasteiger partial charge in [-0.1, -0.05) is 0 Å². The van der Waals surface area contributed by atoms with E-state index >= 15 is 0 Å². The molecular formula is C10H7N3O4. The van der Waals surface area contributed by atoms with E-state index in [1.54, 1.807) is 0 Å². The minimum absolute atomic E-state index is 0.00709. The maximum Gasteiger partial charge on any atom is 0.337 e. The van der Waals surface area contributed by atoms with E-state index in [1.165, 1.54) is 24.8 Å². The number of aromatic nitrogens is 3. The molecule has 0 saturated carbocycles. The van der Waals surface area contributed by atoms with Crippen molar-refractivity contribution in [2.24, 2.45) is 0 Å². The average molecular weight is 233 g/mol. The van der Waals surface area contributed by atoms with Gasteiger partial charge in [0.2, 0.25) is 5.88 Å². The first-order chi connectivity index (χ1) is 8.15. The summed E-state index contributed by atoms with van der Waals surface area (Å²) in [5.41, 5.74) is -0.371. The molecule has 0 aromatic carbocycles. The van der Waals surface area contributed by atoms with Gasteiger partial charge in [0.15, 0.2) is 0 Å². The van der Waals surface area contributed by atoms with Gasteiger partial charge in [-0.05, 0) is 6.07 Å². The molecule has 7 nitrogen and oxygen atoms in total. The van der Waals surface area contributed by atoms with Gasteiger partial charge in [0.1, 0.15) is 5.75 Å². The molecule has 0 amide bonds. The highest BCUT2D eigenvalue weighted by Crippen LogP contribution is 2.17. The molecule has 0 aliphatic rings. The fraction of sp³-hybridized carbons (Fsp3) is 0. The normalized spacial score (nSPS) is 9.88. The van der Waals surface area contributed by atoms with E-state index in [-0.39, 0.29) is 22.8 Å². The monoisotopic (exact) mass is 233 g/mol. The number of pyridine rings is 1. The van der Waals surface area contributed by atoms with E-state index in [1.807, 2.05) is 0 Å². The van der Waals surface area contributed by atoms with Crippen molar-refractivity contribution >= 4 is 5.97 Å². The van der Waals surface area contributed by atoms with Crippen molar-refractivity contribution in [1.29, 1.82) is 0 Å². The molecule has 86 valence electrons. The Kier molecular flexibility index (Phi) is 2.82. The number of hydrogen-bond acceptors (Lipinski definition) is 5. The third-order valence-electron chi connectivity index (χ3n) is 1.84. The number of aromatic carboxylic acids is 1. The van der Waals surface area contributed by atoms with Crippen LogP contribution in [0.1, 0.15) is 10.4 Å². The summed E-state index contributed by atoms with van der Waals surface area (Å²) in [7, 11) is 0. The quantitative estimate of drug-likeness (QED) is 0.806. The predicted octanol–water partition coefficient (Wildman–Crippen LogP) is 0.655. The van der Waals surface area contributed by atoms with Gasteiger partial charge in [-0.2, -0.15) is 0 Å². The van der Waals surface area contributed by atoms with Gasteiger partial charge in [0.25, 0.3) is 5.56 Å². The van der Waals surface area contributed by atoms with E-state index in [9.17, 15) is 9.59 Å². The highest BCUT2D eigenvalue weighted by Gasteiger charge is 2.06. The van der Waals surface area contributed by atoms with Crippen molar-refractivity contribution in [3.05, 3.63) is 46.8 Å². The largest absolute Gasteiger partial charge is 0.478 e. The molecule has 2 heterocycles. The first-order valence-electron chi connectivity index (χ1n) is 4.56. The molecule has 0 saturated heterocycles. The molecule has 7 heteroatoms. The zero-order chi connectivity index (χ0) is 12.3. The highest BCUT2D eigenvalue weighted by molar-refractivity contribution is 5.87. The van der Waals surface area contributed by atoms with Crippen molar-refractivity contribution in [3.63, 3.8) is 0 Å². The van der Waals surface area contributed by atoms with Gasteiger partial charge in [-0.25, -0.2) is 9.78 Å². The van der Waals surface area contributed by atoms with Crippen LogP contribution in [0.3, 0.4) is 0 Å². The highest BCUT2D eigenvalue weighted by atomic mass is 16.5. The summed E-state index contributed by atoms with van der Waals surface area (Å²) >= 11 is 0. The van der Waals surface area contributed by atoms with Gasteiger partial charge >= 0.3 is 5.97 Å². The van der Waals surface area contributed by atoms with Crippen LogP contribution in [0.25, 0.3) is 0 Å². The van der Waals surface area contributed by atoms with Crippen LogP contribution in [-0.2, 0) is 0 Å². The maximum atomic E-state index is 11.0. The molecule has 2 N–H and O–H groups in total. The molecule has 0 radical (unpaired) electrons. The number of aromatic amines is 1. The Morgan fingerprint density at radius 3 is 2.88 bits per heavy atom. The number of hydrogen-bond donors (Lipinski definition) is 2. The summed E-state index contributed by atoms with van der Waals surface area (Å²) in [6.45, 7) is 0. The molecule has 2 rings (SSSR count). The van der Waals surface area contributed by atoms with Gasteiger partial charge < -0.3 is 14.8 Å². The summed E-state index contributed by atoms with van der Waals surface area (Å²) < 4.78 is 5.19. The van der Waals surface area contributed by atoms with E-state index in [2.05, 4.69) is 15.0 Å². The zero-order valence-electron chi connectivity index (χ0n) is 8.45. The lowest BCUT2D eigenvalue weighted by Crippen LogP contribution is -2.05. The minimum atomic E-state index is -1.11. The third-order valence-corrected chi connectivity index (χ3v) is 1.84. The minimum Gasteiger partial charge on any atom is -0.478 e. The Morgan fingerprint density at radius 1 is 1.35 bits per heavy atom. The molecule has 17 heavy (non-hydrogen) atoms. The van der Waals surface area contributed by atoms with Crippen LogP contribution in [-0.4, -0.2) is 26.0 Å². The number of ether oxygens (including phenoxy) is 1. The van der Waals surface area contributed by atoms with Crippen molar-refractivity contribution in [2.45, 2.75) is 0 Å². The number of rotatable bonds is 3. The number of carbonyl (C=O) groups is 1. The van der Waals surface area contributed by atoms with Crippen molar-refractivity contribution in [2.75, 3.05) is 0 Å². The molecule has 2 aromatic heterocycles. The van der Waals surface area contributed by atoms with Crippen molar-refractivity contribution in [3.8, 4) is 11.6 Å². The number of carboxylic acids is 1. The lowest BCUT2D eigenvalue weighted by atomic mass is 10.3. The van der Waals surface area contributed by atoms with Crippen LogP contribution in [0, 0.1) is 0 Å². The lowest BCUT2D eigenvalue weighted by molar-refractivity contribution is 0.0696. The molecule has 0 aliphatic carbocycles. The van der Waals surface area contributed by atoms with Gasteiger partial charge in [-0.3, -0.25) is 9.78 Å². The summed E-state index contributed by atoms with van der Waals surface area (Å²) in [6.07, 6.45) is 3.71. The standard InChI is InChI=1S/C10H7N3O4/c14-8-2-9(13-5-12-8)17-7-1-6(10(15)16)3-11-4-7/h1-5H,(H,15,16)(H,12,13,14). The van der Waals surface area contributed by atoms with Crippen LogP contribution in [0.15, 0.2) is 35.6 Å². The number of H-pyrrole nitrogens is 1. The van der Waals surface area contributed by atoms with Gasteiger partial charge in [-0.15, -0.1) is 0 Å². The van der Waals surface area contributed by atoms with Crippen LogP contribution < -0.4 is 10.3 Å². The third kappa shape index (κ3) is 2.65. The van der Waals surface area contributed by atoms with Crippen LogP contribution in [0.4, 0.5) is 0 Å². The summed E-state index contributed by atoms with van der Waals surface area (Å²) in [5, 5.41) is 8.75. The van der Waals surface area contributed by atoms with Crippen molar-refractivity contribution in [1.82, 2.24) is 15.0 Å². The topological polar surface area (TPSA) is 105 Å². The second-order valence-corrected chi connectivity index (χ2v) is 3.07. The Bertz CT molecular complexity index is 608. The molecule has 0 spiro atoms. The van der Waals surface area contributed by atoms with E-state index in [0.717, 1.165) is 6.07 Å². The fourth-order valence-corrected chi connectivity index (χ4v) is 1.12. The van der Waals surface area contributed by atoms with Crippen LogP contribution in [0.2, 0.25) is 0 Å². The smallest absolute Gasteiger partial charge is 0.337 e. The van der Waals surface area contributed by atoms with Gasteiger partial charge in [0.05, 0.1) is 24.2 Å².